The highest BCUT2D eigenvalue weighted by Gasteiger charge is 2.29. The Labute approximate surface area is 640 Å². The Hall–Kier alpha value is -3.79. The van der Waals surface area contributed by atoms with Crippen LogP contribution in [0.5, 0.6) is 0 Å². The molecule has 0 aliphatic heterocycles. The second kappa shape index (κ2) is 79.8. The summed E-state index contributed by atoms with van der Waals surface area (Å²) in [6.07, 6.45) is 94.4. The zero-order valence-corrected chi connectivity index (χ0v) is 68.4. The van der Waals surface area contributed by atoms with Crippen LogP contribution >= 0.6 is 15.6 Å². The highest BCUT2D eigenvalue weighted by Crippen LogP contribution is 2.45. The van der Waals surface area contributed by atoms with Crippen molar-refractivity contribution in [2.75, 3.05) is 39.6 Å². The van der Waals surface area contributed by atoms with E-state index in [4.69, 9.17) is 32.3 Å². The Bertz CT molecular complexity index is 2340. The molecule has 16 nitrogen and oxygen atoms in total. The fourth-order valence-corrected chi connectivity index (χ4v) is 13.2. The fraction of sp³-hybridized carbons (Fsp3) is 0.759. The normalized spacial score (nSPS) is 14.5. The van der Waals surface area contributed by atoms with Gasteiger partial charge in [0.05, 0.1) is 26.4 Å². The molecule has 0 rings (SSSR count). The number of esters is 3. The SMILES string of the molecule is CC/C=C\C/C=C\C/C=C\C/C=C\C/C=C\CCCCCCCC(=O)OCC(COP(=O)(O)OCC(O)COP(=O)(O)OCC(O)COC(=O)CCCCCCCCCCCCCCCCCCCCC/C=C\C/C=C\C/C=C\C/C=C\CCCCC)OC(=O)CCCCCCCCCCCCCCC. The van der Waals surface area contributed by atoms with Crippen LogP contribution in [0.1, 0.15) is 367 Å². The Morgan fingerprint density at radius 2 is 0.505 bits per heavy atom. The van der Waals surface area contributed by atoms with Gasteiger partial charge in [-0.25, -0.2) is 9.13 Å². The minimum Gasteiger partial charge on any atom is -0.463 e. The number of allylic oxidation sites excluding steroid dienone is 18. The zero-order valence-electron chi connectivity index (χ0n) is 66.6. The Morgan fingerprint density at radius 3 is 0.819 bits per heavy atom. The monoisotopic (exact) mass is 1520 g/mol. The molecule has 0 aromatic heterocycles. The summed E-state index contributed by atoms with van der Waals surface area (Å²) in [4.78, 5) is 58.7. The Morgan fingerprint density at radius 1 is 0.276 bits per heavy atom. The average molecular weight is 1520 g/mol. The molecule has 0 aromatic rings. The number of aliphatic hydroxyl groups excluding tert-OH is 2. The number of unbranched alkanes of at least 4 members (excludes halogenated alkanes) is 39. The molecule has 0 saturated carbocycles. The summed E-state index contributed by atoms with van der Waals surface area (Å²) in [5, 5.41) is 20.7. The first-order valence-corrected chi connectivity index (χ1v) is 45.2. The third kappa shape index (κ3) is 81.0. The van der Waals surface area contributed by atoms with Gasteiger partial charge < -0.3 is 34.2 Å². The highest BCUT2D eigenvalue weighted by molar-refractivity contribution is 7.47. The molecule has 0 fully saturated rings. The second-order valence-electron chi connectivity index (χ2n) is 28.3. The van der Waals surface area contributed by atoms with E-state index in [0.717, 1.165) is 128 Å². The van der Waals surface area contributed by atoms with E-state index < -0.39 is 91.5 Å². The molecule has 18 heteroatoms. The molecular weight excluding hydrogens is 1360 g/mol. The number of aliphatic hydroxyl groups is 2. The van der Waals surface area contributed by atoms with Crippen molar-refractivity contribution in [3.05, 3.63) is 109 Å². The van der Waals surface area contributed by atoms with Crippen molar-refractivity contribution >= 4 is 33.6 Å². The number of phosphoric ester groups is 2. The predicted octanol–water partition coefficient (Wildman–Crippen LogP) is 25.1. The van der Waals surface area contributed by atoms with E-state index in [1.807, 2.05) is 0 Å². The number of ether oxygens (including phenoxy) is 3. The predicted molar refractivity (Wildman–Crippen MR) is 436 cm³/mol. The second-order valence-corrected chi connectivity index (χ2v) is 31.2. The summed E-state index contributed by atoms with van der Waals surface area (Å²) in [5.74, 6) is -1.58. The van der Waals surface area contributed by atoms with Gasteiger partial charge in [0.15, 0.2) is 6.10 Å². The van der Waals surface area contributed by atoms with Crippen molar-refractivity contribution in [3.63, 3.8) is 0 Å². The molecule has 0 saturated heterocycles. The van der Waals surface area contributed by atoms with Gasteiger partial charge in [0, 0.05) is 19.3 Å². The van der Waals surface area contributed by atoms with Crippen LogP contribution in [0.3, 0.4) is 0 Å². The van der Waals surface area contributed by atoms with E-state index in [-0.39, 0.29) is 19.3 Å². The maximum atomic E-state index is 13.0. The molecule has 0 radical (unpaired) electrons. The summed E-state index contributed by atoms with van der Waals surface area (Å²) < 4.78 is 61.2. The molecule has 0 aromatic carbocycles. The number of carbonyl (C=O) groups excluding carboxylic acids is 3. The van der Waals surface area contributed by atoms with Crippen LogP contribution in [0.25, 0.3) is 0 Å². The quantitative estimate of drug-likeness (QED) is 0.0146. The van der Waals surface area contributed by atoms with Gasteiger partial charge in [-0.1, -0.05) is 348 Å². The maximum absolute atomic E-state index is 13.0. The molecule has 105 heavy (non-hydrogen) atoms. The van der Waals surface area contributed by atoms with Gasteiger partial charge in [-0.2, -0.15) is 0 Å². The van der Waals surface area contributed by atoms with Gasteiger partial charge in [0.2, 0.25) is 0 Å². The first-order chi connectivity index (χ1) is 51.2. The first kappa shape index (κ1) is 101. The molecule has 0 bridgehead atoms. The van der Waals surface area contributed by atoms with E-state index in [1.54, 1.807) is 0 Å². The third-order valence-corrected chi connectivity index (χ3v) is 19.9. The summed E-state index contributed by atoms with van der Waals surface area (Å²) in [6, 6.07) is 0. The lowest BCUT2D eigenvalue weighted by atomic mass is 10.0. The fourth-order valence-electron chi connectivity index (χ4n) is 11.6. The number of hydrogen-bond acceptors (Lipinski definition) is 14. The van der Waals surface area contributed by atoms with Gasteiger partial charge in [0.25, 0.3) is 0 Å². The molecule has 0 aliphatic rings. The van der Waals surface area contributed by atoms with Crippen molar-refractivity contribution in [1.82, 2.24) is 0 Å². The van der Waals surface area contributed by atoms with E-state index in [9.17, 15) is 43.5 Å². The average Bonchev–Trinajstić information content (AvgIpc) is 0.932. The van der Waals surface area contributed by atoms with Gasteiger partial charge in [0.1, 0.15) is 25.4 Å². The molecule has 0 heterocycles. The van der Waals surface area contributed by atoms with Crippen molar-refractivity contribution in [2.45, 2.75) is 386 Å². The molecule has 0 amide bonds. The lowest BCUT2D eigenvalue weighted by molar-refractivity contribution is -0.161. The lowest BCUT2D eigenvalue weighted by Crippen LogP contribution is -2.30. The molecular formula is C87H154O16P2. The number of carbonyl (C=O) groups is 3. The molecule has 0 spiro atoms. The van der Waals surface area contributed by atoms with Crippen LogP contribution < -0.4 is 0 Å². The number of hydrogen-bond donors (Lipinski definition) is 4. The molecule has 4 N–H and O–H groups in total. The minimum atomic E-state index is -4.93. The van der Waals surface area contributed by atoms with Crippen LogP contribution in [0.2, 0.25) is 0 Å². The van der Waals surface area contributed by atoms with Crippen molar-refractivity contribution in [1.29, 1.82) is 0 Å². The van der Waals surface area contributed by atoms with Crippen molar-refractivity contribution in [3.8, 4) is 0 Å². The topological polar surface area (TPSA) is 231 Å². The minimum absolute atomic E-state index is 0.103. The standard InChI is InChI=1S/C87H154O16P2/c1-4-7-10-13-16-19-22-25-27-29-31-33-34-35-36-37-38-39-40-41-42-43-44-45-46-48-50-51-53-56-58-61-64-67-70-73-85(90)97-76-82(88)77-99-104(93,94)100-78-83(89)79-101-105(95,96)102-81-84(103-87(92)75-72-69-66-63-60-55-24-21-18-15-12-9-6-3)80-98-86(91)74-71-68-65-62-59-57-54-52-49-47-32-30-28-26-23-20-17-14-11-8-5-2/h8,11,16-17,19-20,25-28,31-33,35-36,47,52,54,82-84,88-89H,4-7,9-10,12-15,18,21-24,29-30,34,37-46,48-51,53,55-81H2,1-3H3,(H,93,94)(H,95,96)/b11-8-,19-16-,20-17-,27-25-,28-26-,33-31-,36-35-,47-32-,54-52-. The number of rotatable bonds is 80. The lowest BCUT2D eigenvalue weighted by Gasteiger charge is -2.21. The van der Waals surface area contributed by atoms with Crippen LogP contribution in [-0.2, 0) is 55.8 Å². The highest BCUT2D eigenvalue weighted by atomic mass is 31.2. The van der Waals surface area contributed by atoms with Gasteiger partial charge in [-0.15, -0.1) is 0 Å². The molecule has 5 atom stereocenters. The Kier molecular flexibility index (Phi) is 76.9. The van der Waals surface area contributed by atoms with Crippen LogP contribution in [0.15, 0.2) is 109 Å². The molecule has 608 valence electrons. The van der Waals surface area contributed by atoms with Crippen LogP contribution in [0, 0.1) is 0 Å². The summed E-state index contributed by atoms with van der Waals surface area (Å²) in [7, 11) is -9.79. The van der Waals surface area contributed by atoms with E-state index >= 15 is 0 Å². The molecule has 5 unspecified atom stereocenters. The largest absolute Gasteiger partial charge is 0.472 e. The van der Waals surface area contributed by atoms with Gasteiger partial charge >= 0.3 is 33.6 Å². The molecule has 0 aliphatic carbocycles. The summed E-state index contributed by atoms with van der Waals surface area (Å²) in [5.41, 5.74) is 0. The Balaban J connectivity index is 4.37. The smallest absolute Gasteiger partial charge is 0.463 e. The maximum Gasteiger partial charge on any atom is 0.472 e. The van der Waals surface area contributed by atoms with Gasteiger partial charge in [-0.3, -0.25) is 32.5 Å². The van der Waals surface area contributed by atoms with Crippen molar-refractivity contribution < 1.29 is 75.8 Å². The van der Waals surface area contributed by atoms with E-state index in [0.29, 0.717) is 19.3 Å². The third-order valence-electron chi connectivity index (χ3n) is 18.0. The summed E-state index contributed by atoms with van der Waals surface area (Å²) in [6.45, 7) is 2.56. The first-order valence-electron chi connectivity index (χ1n) is 42.2. The zero-order chi connectivity index (χ0) is 76.6. The number of phosphoric acid groups is 2. The van der Waals surface area contributed by atoms with Crippen LogP contribution in [-0.4, -0.2) is 95.9 Å². The van der Waals surface area contributed by atoms with Crippen molar-refractivity contribution in [2.24, 2.45) is 0 Å². The van der Waals surface area contributed by atoms with E-state index in [1.165, 1.54) is 180 Å². The van der Waals surface area contributed by atoms with Crippen LogP contribution in [0.4, 0.5) is 0 Å². The summed E-state index contributed by atoms with van der Waals surface area (Å²) >= 11 is 0. The van der Waals surface area contributed by atoms with E-state index in [2.05, 4.69) is 130 Å². The van der Waals surface area contributed by atoms with Gasteiger partial charge in [-0.05, 0) is 109 Å².